The van der Waals surface area contributed by atoms with Crippen LogP contribution in [0.2, 0.25) is 10.0 Å². The van der Waals surface area contributed by atoms with Gasteiger partial charge in [0.15, 0.2) is 5.78 Å². The van der Waals surface area contributed by atoms with Gasteiger partial charge in [-0.1, -0.05) is 35.8 Å². The van der Waals surface area contributed by atoms with Crippen LogP contribution in [0, 0.1) is 5.92 Å². The minimum Gasteiger partial charge on any atom is -0.495 e. The second kappa shape index (κ2) is 9.95. The molecular weight excluding hydrogens is 465 g/mol. The predicted molar refractivity (Wildman–Crippen MR) is 130 cm³/mol. The molecule has 0 aliphatic carbocycles. The zero-order valence-corrected chi connectivity index (χ0v) is 19.7. The number of halogens is 2. The van der Waals surface area contributed by atoms with Crippen molar-refractivity contribution in [2.75, 3.05) is 32.8 Å². The van der Waals surface area contributed by atoms with E-state index in [2.05, 4.69) is 21.9 Å². The van der Waals surface area contributed by atoms with E-state index in [4.69, 9.17) is 37.4 Å². The molecular formula is C24H23Cl2N3O4. The molecule has 33 heavy (non-hydrogen) atoms. The Labute approximate surface area is 201 Å². The lowest BCUT2D eigenvalue weighted by molar-refractivity contribution is -0.115. The molecule has 0 radical (unpaired) electrons. The standard InChI is InChI=1S/C24H23Cl2N3O4/c1-4-16(30)8-15-11-33-12-18(15)29-24-27-10-14-7-13(5-6-17(14)28-24)21-22(25)19(31-2)9-20(32-3)23(21)26/h4-7,9-10,15,18H,1,8,11-12H2,2-3H3,(H,27,28,29)/t15-,18+/m0/s1. The summed E-state index contributed by atoms with van der Waals surface area (Å²) in [6, 6.07) is 7.27. The van der Waals surface area contributed by atoms with E-state index in [0.29, 0.717) is 52.7 Å². The Balaban J connectivity index is 1.63. The van der Waals surface area contributed by atoms with E-state index in [1.54, 1.807) is 12.3 Å². The third-order valence-electron chi connectivity index (χ3n) is 5.65. The molecule has 1 N–H and O–H groups in total. The Hall–Kier alpha value is -2.87. The molecule has 4 rings (SSSR count). The number of nitrogens with zero attached hydrogens (tertiary/aromatic N) is 2. The highest BCUT2D eigenvalue weighted by molar-refractivity contribution is 6.41. The Bertz CT molecular complexity index is 1190. The van der Waals surface area contributed by atoms with Gasteiger partial charge in [-0.25, -0.2) is 9.97 Å². The van der Waals surface area contributed by atoms with Crippen molar-refractivity contribution >= 4 is 45.8 Å². The molecule has 9 heteroatoms. The van der Waals surface area contributed by atoms with Crippen molar-refractivity contribution in [3.8, 4) is 22.6 Å². The van der Waals surface area contributed by atoms with Crippen molar-refractivity contribution < 1.29 is 19.0 Å². The molecule has 1 aromatic heterocycles. The number of allylic oxidation sites excluding steroid dienone is 1. The van der Waals surface area contributed by atoms with Gasteiger partial charge in [-0.15, -0.1) is 0 Å². The number of methoxy groups -OCH3 is 2. The number of fused-ring (bicyclic) bond motifs is 1. The van der Waals surface area contributed by atoms with Crippen LogP contribution in [0.4, 0.5) is 5.95 Å². The minimum absolute atomic E-state index is 0.00393. The monoisotopic (exact) mass is 487 g/mol. The molecule has 0 amide bonds. The summed E-state index contributed by atoms with van der Waals surface area (Å²) in [7, 11) is 3.07. The van der Waals surface area contributed by atoms with Gasteiger partial charge in [0.25, 0.3) is 0 Å². The zero-order valence-electron chi connectivity index (χ0n) is 18.2. The number of carbonyl (C=O) groups excluding carboxylic acids is 1. The van der Waals surface area contributed by atoms with Crippen molar-refractivity contribution in [3.05, 3.63) is 53.2 Å². The Morgan fingerprint density at radius 3 is 2.61 bits per heavy atom. The molecule has 2 atom stereocenters. The van der Waals surface area contributed by atoms with Crippen LogP contribution in [0.25, 0.3) is 22.0 Å². The second-order valence-corrected chi connectivity index (χ2v) is 8.43. The van der Waals surface area contributed by atoms with Crippen molar-refractivity contribution in [2.45, 2.75) is 12.5 Å². The van der Waals surface area contributed by atoms with Gasteiger partial charge in [-0.2, -0.15) is 0 Å². The summed E-state index contributed by atoms with van der Waals surface area (Å²) in [5.74, 6) is 1.44. The molecule has 1 aliphatic rings. The molecule has 0 bridgehead atoms. The first-order chi connectivity index (χ1) is 15.9. The number of ether oxygens (including phenoxy) is 3. The first kappa shape index (κ1) is 23.3. The molecule has 2 heterocycles. The topological polar surface area (TPSA) is 82.6 Å². The van der Waals surface area contributed by atoms with E-state index < -0.39 is 0 Å². The van der Waals surface area contributed by atoms with E-state index in [1.165, 1.54) is 20.3 Å². The Morgan fingerprint density at radius 2 is 1.94 bits per heavy atom. The van der Waals surface area contributed by atoms with Crippen LogP contribution in [0.5, 0.6) is 11.5 Å². The summed E-state index contributed by atoms with van der Waals surface area (Å²) < 4.78 is 16.3. The summed E-state index contributed by atoms with van der Waals surface area (Å²) in [5, 5.41) is 4.89. The van der Waals surface area contributed by atoms with Crippen LogP contribution in [0.15, 0.2) is 43.1 Å². The third-order valence-corrected chi connectivity index (χ3v) is 6.40. The number of ketones is 1. The highest BCUT2D eigenvalue weighted by Crippen LogP contribution is 2.46. The van der Waals surface area contributed by atoms with E-state index in [-0.39, 0.29) is 17.7 Å². The predicted octanol–water partition coefficient (Wildman–Crippen LogP) is 5.19. The molecule has 0 spiro atoms. The van der Waals surface area contributed by atoms with Crippen LogP contribution in [-0.4, -0.2) is 49.2 Å². The highest BCUT2D eigenvalue weighted by Gasteiger charge is 2.30. The summed E-state index contributed by atoms with van der Waals surface area (Å²) in [6.45, 7) is 4.54. The molecule has 0 unspecified atom stereocenters. The highest BCUT2D eigenvalue weighted by atomic mass is 35.5. The van der Waals surface area contributed by atoms with E-state index in [1.807, 2.05) is 18.2 Å². The van der Waals surface area contributed by atoms with Crippen LogP contribution in [0.3, 0.4) is 0 Å². The first-order valence-corrected chi connectivity index (χ1v) is 11.1. The van der Waals surface area contributed by atoms with E-state index >= 15 is 0 Å². The van der Waals surface area contributed by atoms with Crippen LogP contribution < -0.4 is 14.8 Å². The largest absolute Gasteiger partial charge is 0.495 e. The average molecular weight is 488 g/mol. The number of nitrogens with one attached hydrogen (secondary N) is 1. The fourth-order valence-electron chi connectivity index (χ4n) is 3.86. The molecule has 1 fully saturated rings. The number of carbonyl (C=O) groups is 1. The van der Waals surface area contributed by atoms with Crippen LogP contribution >= 0.6 is 23.2 Å². The molecule has 7 nitrogen and oxygen atoms in total. The average Bonchev–Trinajstić information content (AvgIpc) is 3.25. The molecule has 0 saturated carbocycles. The van der Waals surface area contributed by atoms with Crippen molar-refractivity contribution in [1.82, 2.24) is 9.97 Å². The quantitative estimate of drug-likeness (QED) is 0.437. The summed E-state index contributed by atoms with van der Waals surface area (Å²) in [5.41, 5.74) is 2.14. The molecule has 1 saturated heterocycles. The number of aromatic nitrogens is 2. The van der Waals surface area contributed by atoms with Gasteiger partial charge in [0.2, 0.25) is 5.95 Å². The lowest BCUT2D eigenvalue weighted by Crippen LogP contribution is -2.30. The maximum atomic E-state index is 11.8. The summed E-state index contributed by atoms with van der Waals surface area (Å²) in [6.07, 6.45) is 3.45. The SMILES string of the molecule is C=CC(=O)C[C@H]1COC[C@H]1Nc1ncc2cc(-c3c(Cl)c(OC)cc(OC)c3Cl)ccc2n1. The smallest absolute Gasteiger partial charge is 0.223 e. The van der Waals surface area contributed by atoms with Crippen molar-refractivity contribution in [1.29, 1.82) is 0 Å². The zero-order chi connectivity index (χ0) is 23.5. The maximum absolute atomic E-state index is 11.8. The van der Waals surface area contributed by atoms with Gasteiger partial charge < -0.3 is 19.5 Å². The lowest BCUT2D eigenvalue weighted by atomic mass is 9.97. The molecule has 172 valence electrons. The van der Waals surface area contributed by atoms with Gasteiger partial charge in [-0.3, -0.25) is 4.79 Å². The molecule has 1 aliphatic heterocycles. The summed E-state index contributed by atoms with van der Waals surface area (Å²) >= 11 is 13.1. The Kier molecular flexibility index (Phi) is 7.02. The molecule has 2 aromatic carbocycles. The van der Waals surface area contributed by atoms with Crippen LogP contribution in [-0.2, 0) is 9.53 Å². The minimum atomic E-state index is -0.0486. The Morgan fingerprint density at radius 1 is 1.21 bits per heavy atom. The first-order valence-electron chi connectivity index (χ1n) is 10.3. The van der Waals surface area contributed by atoms with Crippen LogP contribution in [0.1, 0.15) is 6.42 Å². The number of benzene rings is 2. The summed E-state index contributed by atoms with van der Waals surface area (Å²) in [4.78, 5) is 20.8. The molecule has 3 aromatic rings. The number of anilines is 1. The number of hydrogen-bond acceptors (Lipinski definition) is 7. The van der Waals surface area contributed by atoms with E-state index in [9.17, 15) is 4.79 Å². The van der Waals surface area contributed by atoms with Crippen molar-refractivity contribution in [3.63, 3.8) is 0 Å². The van der Waals surface area contributed by atoms with Crippen molar-refractivity contribution in [2.24, 2.45) is 5.92 Å². The maximum Gasteiger partial charge on any atom is 0.223 e. The lowest BCUT2D eigenvalue weighted by Gasteiger charge is -2.18. The van der Waals surface area contributed by atoms with Gasteiger partial charge in [0.1, 0.15) is 11.5 Å². The second-order valence-electron chi connectivity index (χ2n) is 7.67. The normalized spacial score (nSPS) is 17.7. The van der Waals surface area contributed by atoms with Gasteiger partial charge in [-0.05, 0) is 23.8 Å². The third kappa shape index (κ3) is 4.76. The van der Waals surface area contributed by atoms with Gasteiger partial charge in [0, 0.05) is 35.6 Å². The van der Waals surface area contributed by atoms with Gasteiger partial charge in [0.05, 0.1) is 49.0 Å². The number of hydrogen-bond donors (Lipinski definition) is 1. The van der Waals surface area contributed by atoms with E-state index in [0.717, 1.165) is 16.5 Å². The fraction of sp³-hybridized carbons (Fsp3) is 0.292. The fourth-order valence-corrected chi connectivity index (χ4v) is 4.58. The van der Waals surface area contributed by atoms with Gasteiger partial charge >= 0.3 is 0 Å². The number of rotatable bonds is 8.